The minimum atomic E-state index is 0. The Kier molecular flexibility index (Phi) is 1.78. The van der Waals surface area contributed by atoms with Gasteiger partial charge in [-0.05, 0) is 18.2 Å². The van der Waals surface area contributed by atoms with Crippen LogP contribution < -0.4 is 5.73 Å². The first-order chi connectivity index (χ1) is 4.86. The van der Waals surface area contributed by atoms with Gasteiger partial charge in [0.25, 0.3) is 0 Å². The lowest BCUT2D eigenvalue weighted by Crippen LogP contribution is -1.81. The average molecular weight is 151 g/mol. The number of aromatic nitrogens is 2. The molecule has 4 heteroatoms. The Morgan fingerprint density at radius 3 is 3.00 bits per heavy atom. The van der Waals surface area contributed by atoms with E-state index in [1.165, 1.54) is 0 Å². The quantitative estimate of drug-likeness (QED) is 0.531. The normalized spacial score (nSPS) is 9.45. The number of nitrogens with two attached hydrogens (primary N) is 1. The minimum Gasteiger partial charge on any atom is -0.412 e. The maximum atomic E-state index is 5.54. The third-order valence-corrected chi connectivity index (χ3v) is 1.46. The standard InChI is InChI=1S/C7H7N3.H2O/c8-6-1-2-7-5(3-6)4-9-10-7;/h1-4H,8H2,(H,9,10);1H2. The number of nitrogens with zero attached hydrogens (tertiary/aromatic N) is 1. The van der Waals surface area contributed by atoms with E-state index in [1.54, 1.807) is 6.20 Å². The van der Waals surface area contributed by atoms with Gasteiger partial charge in [-0.15, -0.1) is 0 Å². The molecule has 5 N–H and O–H groups in total. The molecule has 0 atom stereocenters. The molecule has 0 amide bonds. The van der Waals surface area contributed by atoms with E-state index < -0.39 is 0 Å². The zero-order valence-electron chi connectivity index (χ0n) is 5.83. The summed E-state index contributed by atoms with van der Waals surface area (Å²) in [6, 6.07) is 5.65. The maximum absolute atomic E-state index is 5.54. The van der Waals surface area contributed by atoms with E-state index in [0.29, 0.717) is 0 Å². The number of hydrogen-bond acceptors (Lipinski definition) is 2. The van der Waals surface area contributed by atoms with E-state index in [1.807, 2.05) is 18.2 Å². The van der Waals surface area contributed by atoms with Crippen molar-refractivity contribution in [1.29, 1.82) is 0 Å². The second kappa shape index (κ2) is 2.59. The number of anilines is 1. The van der Waals surface area contributed by atoms with Gasteiger partial charge in [-0.25, -0.2) is 0 Å². The van der Waals surface area contributed by atoms with Crippen LogP contribution in [0.2, 0.25) is 0 Å². The summed E-state index contributed by atoms with van der Waals surface area (Å²) in [5.74, 6) is 0. The molecule has 0 saturated carbocycles. The van der Waals surface area contributed by atoms with Crippen LogP contribution in [0.1, 0.15) is 0 Å². The van der Waals surface area contributed by atoms with Crippen molar-refractivity contribution in [2.75, 3.05) is 5.73 Å². The van der Waals surface area contributed by atoms with Crippen molar-refractivity contribution in [3.63, 3.8) is 0 Å². The van der Waals surface area contributed by atoms with Gasteiger partial charge in [0.05, 0.1) is 11.7 Å². The first-order valence-electron chi connectivity index (χ1n) is 3.05. The van der Waals surface area contributed by atoms with E-state index in [4.69, 9.17) is 5.73 Å². The number of nitrogen functional groups attached to an aromatic ring is 1. The Balaban J connectivity index is 0.000000605. The molecular weight excluding hydrogens is 142 g/mol. The lowest BCUT2D eigenvalue weighted by Gasteiger charge is -1.89. The topological polar surface area (TPSA) is 86.2 Å². The second-order valence-corrected chi connectivity index (χ2v) is 2.22. The van der Waals surface area contributed by atoms with E-state index in [2.05, 4.69) is 10.2 Å². The maximum Gasteiger partial charge on any atom is 0.0651 e. The highest BCUT2D eigenvalue weighted by molar-refractivity contribution is 5.81. The van der Waals surface area contributed by atoms with E-state index >= 15 is 0 Å². The monoisotopic (exact) mass is 151 g/mol. The predicted octanol–water partition coefficient (Wildman–Crippen LogP) is 0.320. The molecule has 0 bridgehead atoms. The van der Waals surface area contributed by atoms with Gasteiger partial charge < -0.3 is 11.2 Å². The lowest BCUT2D eigenvalue weighted by molar-refractivity contribution is 0.824. The van der Waals surface area contributed by atoms with Crippen molar-refractivity contribution in [3.05, 3.63) is 24.4 Å². The van der Waals surface area contributed by atoms with Crippen LogP contribution in [0.5, 0.6) is 0 Å². The van der Waals surface area contributed by atoms with Crippen molar-refractivity contribution in [2.24, 2.45) is 0 Å². The first kappa shape index (κ1) is 7.56. The smallest absolute Gasteiger partial charge is 0.0651 e. The van der Waals surface area contributed by atoms with Crippen LogP contribution in [0.3, 0.4) is 0 Å². The van der Waals surface area contributed by atoms with Crippen molar-refractivity contribution >= 4 is 16.6 Å². The van der Waals surface area contributed by atoms with Crippen LogP contribution in [-0.2, 0) is 0 Å². The summed E-state index contributed by atoms with van der Waals surface area (Å²) in [4.78, 5) is 0. The molecule has 58 valence electrons. The summed E-state index contributed by atoms with van der Waals surface area (Å²) >= 11 is 0. The average Bonchev–Trinajstić information content (AvgIpc) is 2.33. The SMILES string of the molecule is Nc1ccc2[nH]ncc2c1.O. The van der Waals surface area contributed by atoms with Crippen LogP contribution >= 0.6 is 0 Å². The molecule has 1 aromatic heterocycles. The van der Waals surface area contributed by atoms with Crippen LogP contribution in [0.25, 0.3) is 10.9 Å². The Morgan fingerprint density at radius 2 is 2.18 bits per heavy atom. The highest BCUT2D eigenvalue weighted by Crippen LogP contribution is 2.13. The second-order valence-electron chi connectivity index (χ2n) is 2.22. The largest absolute Gasteiger partial charge is 0.412 e. The molecule has 0 spiro atoms. The molecule has 0 fully saturated rings. The number of H-pyrrole nitrogens is 1. The zero-order chi connectivity index (χ0) is 6.97. The highest BCUT2D eigenvalue weighted by Gasteiger charge is 1.92. The Hall–Kier alpha value is -1.55. The van der Waals surface area contributed by atoms with Crippen molar-refractivity contribution in [3.8, 4) is 0 Å². The van der Waals surface area contributed by atoms with Gasteiger partial charge in [-0.2, -0.15) is 5.10 Å². The van der Waals surface area contributed by atoms with Gasteiger partial charge >= 0.3 is 0 Å². The molecule has 2 aromatic rings. The van der Waals surface area contributed by atoms with Gasteiger partial charge in [0.15, 0.2) is 0 Å². The molecule has 1 aromatic carbocycles. The van der Waals surface area contributed by atoms with Crippen molar-refractivity contribution in [1.82, 2.24) is 10.2 Å². The van der Waals surface area contributed by atoms with Crippen LogP contribution in [0, 0.1) is 0 Å². The molecule has 4 nitrogen and oxygen atoms in total. The molecule has 0 radical (unpaired) electrons. The molecule has 0 aliphatic heterocycles. The van der Waals surface area contributed by atoms with Crippen LogP contribution in [0.4, 0.5) is 5.69 Å². The van der Waals surface area contributed by atoms with Gasteiger partial charge in [-0.3, -0.25) is 5.10 Å². The number of benzene rings is 1. The Bertz CT molecular complexity index is 355. The molecule has 1 heterocycles. The number of nitrogens with one attached hydrogen (secondary N) is 1. The number of rotatable bonds is 0. The van der Waals surface area contributed by atoms with Gasteiger partial charge in [0.2, 0.25) is 0 Å². The Labute approximate surface area is 63.3 Å². The summed E-state index contributed by atoms with van der Waals surface area (Å²) in [7, 11) is 0. The summed E-state index contributed by atoms with van der Waals surface area (Å²) in [5.41, 5.74) is 7.34. The summed E-state index contributed by atoms with van der Waals surface area (Å²) < 4.78 is 0. The molecule has 0 aliphatic carbocycles. The fourth-order valence-corrected chi connectivity index (χ4v) is 0.961. The zero-order valence-corrected chi connectivity index (χ0v) is 5.83. The van der Waals surface area contributed by atoms with E-state index in [9.17, 15) is 0 Å². The summed E-state index contributed by atoms with van der Waals surface area (Å²) in [6.07, 6.45) is 1.76. The minimum absolute atomic E-state index is 0. The number of hydrogen-bond donors (Lipinski definition) is 2. The molecule has 0 saturated heterocycles. The molecule has 0 unspecified atom stereocenters. The van der Waals surface area contributed by atoms with Crippen molar-refractivity contribution < 1.29 is 5.48 Å². The highest BCUT2D eigenvalue weighted by atomic mass is 16.0. The Morgan fingerprint density at radius 1 is 1.36 bits per heavy atom. The lowest BCUT2D eigenvalue weighted by atomic mass is 10.2. The summed E-state index contributed by atoms with van der Waals surface area (Å²) in [6.45, 7) is 0. The fourth-order valence-electron chi connectivity index (χ4n) is 0.961. The van der Waals surface area contributed by atoms with Gasteiger partial charge in [0, 0.05) is 11.1 Å². The van der Waals surface area contributed by atoms with E-state index in [0.717, 1.165) is 16.6 Å². The fraction of sp³-hybridized carbons (Fsp3) is 0. The predicted molar refractivity (Wildman–Crippen MR) is 44.1 cm³/mol. The third-order valence-electron chi connectivity index (χ3n) is 1.46. The first-order valence-corrected chi connectivity index (χ1v) is 3.05. The van der Waals surface area contributed by atoms with Gasteiger partial charge in [-0.1, -0.05) is 0 Å². The molecular formula is C7H9N3O. The summed E-state index contributed by atoms with van der Waals surface area (Å²) in [5, 5.41) is 7.76. The number of aromatic amines is 1. The molecule has 0 aliphatic rings. The van der Waals surface area contributed by atoms with Crippen LogP contribution in [-0.4, -0.2) is 15.7 Å². The molecule has 2 rings (SSSR count). The van der Waals surface area contributed by atoms with E-state index in [-0.39, 0.29) is 5.48 Å². The third kappa shape index (κ3) is 1.15. The van der Waals surface area contributed by atoms with Gasteiger partial charge in [0.1, 0.15) is 0 Å². The van der Waals surface area contributed by atoms with Crippen LogP contribution in [0.15, 0.2) is 24.4 Å². The van der Waals surface area contributed by atoms with Crippen molar-refractivity contribution in [2.45, 2.75) is 0 Å². The molecule has 11 heavy (non-hydrogen) atoms. The number of fused-ring (bicyclic) bond motifs is 1.